The maximum Gasteiger partial charge on any atom is 0.241 e. The first kappa shape index (κ1) is 18.4. The van der Waals surface area contributed by atoms with Crippen LogP contribution in [0.25, 0.3) is 0 Å². The van der Waals surface area contributed by atoms with Gasteiger partial charge >= 0.3 is 0 Å². The van der Waals surface area contributed by atoms with Crippen LogP contribution in [0.1, 0.15) is 19.3 Å². The van der Waals surface area contributed by atoms with Crippen molar-refractivity contribution in [3.63, 3.8) is 0 Å². The molecule has 0 bridgehead atoms. The lowest BCUT2D eigenvalue weighted by molar-refractivity contribution is -0.128. The van der Waals surface area contributed by atoms with Crippen molar-refractivity contribution < 1.29 is 13.6 Å². The van der Waals surface area contributed by atoms with E-state index in [2.05, 4.69) is 15.6 Å². The highest BCUT2D eigenvalue weighted by Crippen LogP contribution is 2.26. The molecule has 2 N–H and O–H groups in total. The van der Waals surface area contributed by atoms with Crippen LogP contribution in [0.5, 0.6) is 0 Å². The Labute approximate surface area is 152 Å². The predicted octanol–water partition coefficient (Wildman–Crippen LogP) is 1.33. The SMILES string of the molecule is CN=C(NCC(=O)N1CCCC1)NC1CCN(c2c(F)cccc2F)C1. The van der Waals surface area contributed by atoms with Gasteiger partial charge in [0.25, 0.3) is 0 Å². The number of benzene rings is 1. The number of rotatable bonds is 4. The lowest BCUT2D eigenvalue weighted by Gasteiger charge is -2.22. The van der Waals surface area contributed by atoms with Gasteiger partial charge < -0.3 is 20.4 Å². The van der Waals surface area contributed by atoms with Gasteiger partial charge in [0, 0.05) is 39.3 Å². The topological polar surface area (TPSA) is 60.0 Å². The molecule has 2 aliphatic rings. The molecule has 3 rings (SSSR count). The van der Waals surface area contributed by atoms with Gasteiger partial charge in [-0.2, -0.15) is 0 Å². The molecule has 1 amide bonds. The van der Waals surface area contributed by atoms with Crippen molar-refractivity contribution >= 4 is 17.6 Å². The van der Waals surface area contributed by atoms with Gasteiger partial charge in [-0.15, -0.1) is 0 Å². The molecule has 2 fully saturated rings. The molecule has 1 aromatic carbocycles. The standard InChI is InChI=1S/C18H25F2N5O/c1-21-18(22-11-16(26)24-8-2-3-9-24)23-13-7-10-25(12-13)17-14(19)5-4-6-15(17)20/h4-6,13H,2-3,7-12H2,1H3,(H2,21,22,23). The van der Waals surface area contributed by atoms with Crippen LogP contribution >= 0.6 is 0 Å². The number of likely N-dealkylation sites (tertiary alicyclic amines) is 1. The zero-order valence-electron chi connectivity index (χ0n) is 15.0. The van der Waals surface area contributed by atoms with Crippen LogP contribution in [-0.2, 0) is 4.79 Å². The minimum absolute atomic E-state index is 0.00194. The first-order valence-electron chi connectivity index (χ1n) is 9.02. The first-order valence-corrected chi connectivity index (χ1v) is 9.02. The fraction of sp³-hybridized carbons (Fsp3) is 0.556. The lowest BCUT2D eigenvalue weighted by Crippen LogP contribution is -2.48. The molecule has 0 radical (unpaired) electrons. The molecule has 8 heteroatoms. The largest absolute Gasteiger partial charge is 0.365 e. The van der Waals surface area contributed by atoms with Gasteiger partial charge in [-0.05, 0) is 31.4 Å². The Hall–Kier alpha value is -2.38. The maximum atomic E-state index is 13.9. The summed E-state index contributed by atoms with van der Waals surface area (Å²) >= 11 is 0. The Morgan fingerprint density at radius 3 is 2.58 bits per heavy atom. The van der Waals surface area contributed by atoms with Gasteiger partial charge in [0.1, 0.15) is 17.3 Å². The molecule has 6 nitrogen and oxygen atoms in total. The van der Waals surface area contributed by atoms with E-state index in [1.54, 1.807) is 11.9 Å². The number of carbonyl (C=O) groups excluding carboxylic acids is 1. The summed E-state index contributed by atoms with van der Waals surface area (Å²) in [7, 11) is 1.64. The Kier molecular flexibility index (Phi) is 5.90. The van der Waals surface area contributed by atoms with Crippen LogP contribution in [0.2, 0.25) is 0 Å². The quantitative estimate of drug-likeness (QED) is 0.624. The predicted molar refractivity (Wildman–Crippen MR) is 97.3 cm³/mol. The van der Waals surface area contributed by atoms with Crippen LogP contribution in [0.3, 0.4) is 0 Å². The van der Waals surface area contributed by atoms with Crippen molar-refractivity contribution in [2.45, 2.75) is 25.3 Å². The molecule has 2 saturated heterocycles. The van der Waals surface area contributed by atoms with E-state index in [1.807, 2.05) is 4.90 Å². The molecule has 1 atom stereocenters. The van der Waals surface area contributed by atoms with E-state index in [1.165, 1.54) is 18.2 Å². The fourth-order valence-corrected chi connectivity index (χ4v) is 3.50. The van der Waals surface area contributed by atoms with E-state index in [9.17, 15) is 13.6 Å². The fourth-order valence-electron chi connectivity index (χ4n) is 3.50. The van der Waals surface area contributed by atoms with Crippen molar-refractivity contribution in [2.24, 2.45) is 4.99 Å². The van der Waals surface area contributed by atoms with Gasteiger partial charge in [0.2, 0.25) is 5.91 Å². The Morgan fingerprint density at radius 1 is 1.23 bits per heavy atom. The second-order valence-electron chi connectivity index (χ2n) is 6.66. The first-order chi connectivity index (χ1) is 12.6. The Balaban J connectivity index is 1.51. The highest BCUT2D eigenvalue weighted by atomic mass is 19.1. The summed E-state index contributed by atoms with van der Waals surface area (Å²) in [5.74, 6) is -0.515. The molecule has 26 heavy (non-hydrogen) atoms. The van der Waals surface area contributed by atoms with E-state index in [-0.39, 0.29) is 24.2 Å². The summed E-state index contributed by atoms with van der Waals surface area (Å²) in [6, 6.07) is 3.90. The van der Waals surface area contributed by atoms with Crippen molar-refractivity contribution in [3.05, 3.63) is 29.8 Å². The van der Waals surface area contributed by atoms with Crippen molar-refractivity contribution in [3.8, 4) is 0 Å². The second kappa shape index (κ2) is 8.33. The zero-order chi connectivity index (χ0) is 18.5. The van der Waals surface area contributed by atoms with Crippen LogP contribution in [0, 0.1) is 11.6 Å². The monoisotopic (exact) mass is 365 g/mol. The molecular weight excluding hydrogens is 340 g/mol. The number of hydrogen-bond donors (Lipinski definition) is 2. The number of amides is 1. The van der Waals surface area contributed by atoms with E-state index < -0.39 is 11.6 Å². The lowest BCUT2D eigenvalue weighted by atomic mass is 10.2. The number of nitrogens with one attached hydrogen (secondary N) is 2. The van der Waals surface area contributed by atoms with Gasteiger partial charge in [0.05, 0.1) is 6.54 Å². The normalized spacial score (nSPS) is 20.6. The van der Waals surface area contributed by atoms with Gasteiger partial charge in [-0.1, -0.05) is 6.07 Å². The zero-order valence-corrected chi connectivity index (χ0v) is 15.0. The molecule has 142 valence electrons. The van der Waals surface area contributed by atoms with Gasteiger partial charge in [-0.3, -0.25) is 9.79 Å². The van der Waals surface area contributed by atoms with Crippen molar-refractivity contribution in [2.75, 3.05) is 44.7 Å². The molecule has 0 saturated carbocycles. The van der Waals surface area contributed by atoms with Crippen LogP contribution in [0.4, 0.5) is 14.5 Å². The van der Waals surface area contributed by atoms with E-state index >= 15 is 0 Å². The molecule has 0 aliphatic carbocycles. The third-order valence-corrected chi connectivity index (χ3v) is 4.87. The molecular formula is C18H25F2N5O. The highest BCUT2D eigenvalue weighted by molar-refractivity contribution is 5.86. The minimum Gasteiger partial charge on any atom is -0.365 e. The molecule has 0 spiro atoms. The number of aliphatic imine (C=N–C) groups is 1. The van der Waals surface area contributed by atoms with E-state index in [4.69, 9.17) is 0 Å². The van der Waals surface area contributed by atoms with Crippen molar-refractivity contribution in [1.29, 1.82) is 0 Å². The molecule has 2 heterocycles. The third-order valence-electron chi connectivity index (χ3n) is 4.87. The third kappa shape index (κ3) is 4.23. The average molecular weight is 365 g/mol. The highest BCUT2D eigenvalue weighted by Gasteiger charge is 2.27. The second-order valence-corrected chi connectivity index (χ2v) is 6.66. The molecule has 2 aliphatic heterocycles. The summed E-state index contributed by atoms with van der Waals surface area (Å²) < 4.78 is 27.9. The summed E-state index contributed by atoms with van der Waals surface area (Å²) in [5.41, 5.74) is 0.0176. The van der Waals surface area contributed by atoms with Crippen LogP contribution in [0.15, 0.2) is 23.2 Å². The Bertz CT molecular complexity index is 655. The maximum absolute atomic E-state index is 13.9. The molecule has 0 aromatic heterocycles. The van der Waals surface area contributed by atoms with E-state index in [0.717, 1.165) is 32.4 Å². The number of hydrogen-bond acceptors (Lipinski definition) is 3. The summed E-state index contributed by atoms with van der Waals surface area (Å²) in [6.07, 6.45) is 2.85. The van der Waals surface area contributed by atoms with Gasteiger partial charge in [-0.25, -0.2) is 8.78 Å². The van der Waals surface area contributed by atoms with E-state index in [0.29, 0.717) is 19.0 Å². The number of carbonyl (C=O) groups is 1. The number of halogens is 2. The van der Waals surface area contributed by atoms with Crippen LogP contribution < -0.4 is 15.5 Å². The Morgan fingerprint density at radius 2 is 1.92 bits per heavy atom. The number of guanidine groups is 1. The average Bonchev–Trinajstić information content (AvgIpc) is 3.30. The number of nitrogens with zero attached hydrogens (tertiary/aromatic N) is 3. The summed E-state index contributed by atoms with van der Waals surface area (Å²) in [5, 5.41) is 6.26. The van der Waals surface area contributed by atoms with Gasteiger partial charge in [0.15, 0.2) is 5.96 Å². The van der Waals surface area contributed by atoms with Crippen LogP contribution in [-0.4, -0.2) is 62.6 Å². The number of anilines is 1. The molecule has 1 aromatic rings. The van der Waals surface area contributed by atoms with Crippen molar-refractivity contribution in [1.82, 2.24) is 15.5 Å². The molecule has 1 unspecified atom stereocenters. The number of para-hydroxylation sites is 1. The summed E-state index contributed by atoms with van der Waals surface area (Å²) in [4.78, 5) is 19.8. The minimum atomic E-state index is -0.552. The smallest absolute Gasteiger partial charge is 0.241 e. The summed E-state index contributed by atoms with van der Waals surface area (Å²) in [6.45, 7) is 2.85.